The van der Waals surface area contributed by atoms with Crippen LogP contribution in [0.3, 0.4) is 0 Å². The first-order chi connectivity index (χ1) is 19.2. The number of hydrogen-bond acceptors (Lipinski definition) is 3. The summed E-state index contributed by atoms with van der Waals surface area (Å²) in [6.07, 6.45) is 10.5. The minimum absolute atomic E-state index is 0.0490. The highest BCUT2D eigenvalue weighted by Crippen LogP contribution is 2.54. The standard InChI is InChI=1S/C35H50N2O3/c1-27(2)24-37(25-29-16-17-29)21-20-34(30-13-9-14-32(38)22-30)23-31(18-19-35(34,40)26-37)36-33(39)15-8-4-7-12-28-10-5-3-6-11-28/h3,5-6,9-11,13-14,22,27,29,31,40H,4,7-8,12,15-21,23-26H2,1-2H3,(H-,36,38,39)/p+1/t31-,34-,35?,37+/m1/s1. The number of fused-ring (bicyclic) bond motifs is 1. The average Bonchev–Trinajstić information content (AvgIpc) is 3.72. The number of aryl methyl sites for hydroxylation is 1. The number of aliphatic hydroxyl groups is 1. The lowest BCUT2D eigenvalue weighted by Crippen LogP contribution is -2.73. The molecule has 3 fully saturated rings. The molecule has 218 valence electrons. The third kappa shape index (κ3) is 6.74. The normalized spacial score (nSPS) is 30.1. The van der Waals surface area contributed by atoms with Gasteiger partial charge in [-0.3, -0.25) is 4.79 Å². The van der Waals surface area contributed by atoms with Crippen LogP contribution < -0.4 is 5.32 Å². The second-order valence-electron chi connectivity index (χ2n) is 13.9. The Balaban J connectivity index is 1.25. The predicted octanol–water partition coefficient (Wildman–Crippen LogP) is 6.12. The Bertz CT molecular complexity index is 1130. The van der Waals surface area contributed by atoms with Gasteiger partial charge in [0.25, 0.3) is 0 Å². The van der Waals surface area contributed by atoms with E-state index in [9.17, 15) is 15.0 Å². The maximum atomic E-state index is 13.0. The van der Waals surface area contributed by atoms with E-state index in [1.165, 1.54) is 24.9 Å². The average molecular weight is 548 g/mol. The molecular weight excluding hydrogens is 496 g/mol. The van der Waals surface area contributed by atoms with Gasteiger partial charge in [-0.05, 0) is 74.6 Å². The first-order valence-electron chi connectivity index (χ1n) is 15.9. The molecule has 0 bridgehead atoms. The summed E-state index contributed by atoms with van der Waals surface area (Å²) < 4.78 is 1.01. The summed E-state index contributed by atoms with van der Waals surface area (Å²) in [5.74, 6) is 1.77. The Kier molecular flexibility index (Phi) is 8.92. The summed E-state index contributed by atoms with van der Waals surface area (Å²) in [7, 11) is 0. The molecule has 2 aromatic carbocycles. The van der Waals surface area contributed by atoms with Gasteiger partial charge in [-0.1, -0.05) is 62.7 Å². The predicted molar refractivity (Wildman–Crippen MR) is 161 cm³/mol. The highest BCUT2D eigenvalue weighted by molar-refractivity contribution is 5.76. The number of unbranched alkanes of at least 4 members (excludes halogenated alkanes) is 2. The number of amides is 1. The topological polar surface area (TPSA) is 69.6 Å². The molecule has 1 amide bonds. The fourth-order valence-electron chi connectivity index (χ4n) is 8.19. The SMILES string of the molecule is CC(C)C[N@+]1(CC2CC2)CC[C@]2(c3cccc(O)c3)C[C@H](NC(=O)CCCCCc3ccccc3)CCC2(O)C1. The second-order valence-corrected chi connectivity index (χ2v) is 13.9. The van der Waals surface area contributed by atoms with Crippen LogP contribution in [0, 0.1) is 11.8 Å². The van der Waals surface area contributed by atoms with E-state index in [4.69, 9.17) is 0 Å². The van der Waals surface area contributed by atoms with Gasteiger partial charge in [0.2, 0.25) is 5.91 Å². The van der Waals surface area contributed by atoms with Crippen LogP contribution in [0.4, 0.5) is 0 Å². The smallest absolute Gasteiger partial charge is 0.220 e. The molecular formula is C35H51N2O3+. The molecule has 2 saturated carbocycles. The van der Waals surface area contributed by atoms with Crippen LogP contribution in [-0.2, 0) is 16.6 Å². The number of phenolic OH excluding ortho intramolecular Hbond substituents is 1. The number of phenols is 1. The van der Waals surface area contributed by atoms with Crippen molar-refractivity contribution in [3.63, 3.8) is 0 Å². The number of likely N-dealkylation sites (tertiary alicyclic amines) is 1. The van der Waals surface area contributed by atoms with Crippen molar-refractivity contribution < 1.29 is 19.5 Å². The van der Waals surface area contributed by atoms with Gasteiger partial charge in [0, 0.05) is 36.1 Å². The van der Waals surface area contributed by atoms with E-state index in [1.807, 2.05) is 18.2 Å². The van der Waals surface area contributed by atoms with Crippen LogP contribution >= 0.6 is 0 Å². The highest BCUT2D eigenvalue weighted by Gasteiger charge is 2.62. The van der Waals surface area contributed by atoms with Crippen molar-refractivity contribution in [2.24, 2.45) is 11.8 Å². The Hall–Kier alpha value is -2.37. The second kappa shape index (κ2) is 12.2. The van der Waals surface area contributed by atoms with E-state index in [1.54, 1.807) is 6.07 Å². The van der Waals surface area contributed by atoms with Gasteiger partial charge in [0.15, 0.2) is 0 Å². The van der Waals surface area contributed by atoms with Gasteiger partial charge in [-0.2, -0.15) is 0 Å². The fraction of sp³-hybridized carbons (Fsp3) is 0.629. The number of nitrogens with zero attached hydrogens (tertiary/aromatic N) is 1. The van der Waals surface area contributed by atoms with Crippen molar-refractivity contribution in [1.29, 1.82) is 0 Å². The van der Waals surface area contributed by atoms with Gasteiger partial charge < -0.3 is 20.0 Å². The number of carbonyl (C=O) groups excluding carboxylic acids is 1. The summed E-state index contributed by atoms with van der Waals surface area (Å²) >= 11 is 0. The molecule has 5 nitrogen and oxygen atoms in total. The Morgan fingerprint density at radius 1 is 1.02 bits per heavy atom. The summed E-state index contributed by atoms with van der Waals surface area (Å²) in [5.41, 5.74) is 1.09. The summed E-state index contributed by atoms with van der Waals surface area (Å²) in [5, 5.41) is 26.4. The Morgan fingerprint density at radius 3 is 2.55 bits per heavy atom. The van der Waals surface area contributed by atoms with Crippen LogP contribution in [0.1, 0.15) is 89.2 Å². The first-order valence-corrected chi connectivity index (χ1v) is 15.9. The molecule has 0 spiro atoms. The van der Waals surface area contributed by atoms with Gasteiger partial charge in [0.05, 0.1) is 19.6 Å². The molecule has 0 aromatic heterocycles. The van der Waals surface area contributed by atoms with E-state index in [0.717, 1.165) is 80.5 Å². The molecule has 5 heteroatoms. The zero-order valence-corrected chi connectivity index (χ0v) is 24.8. The fourth-order valence-corrected chi connectivity index (χ4v) is 8.19. The first kappa shape index (κ1) is 29.1. The lowest BCUT2D eigenvalue weighted by atomic mass is 9.54. The molecule has 3 N–H and O–H groups in total. The number of rotatable bonds is 12. The molecule has 40 heavy (non-hydrogen) atoms. The molecule has 2 aliphatic carbocycles. The molecule has 0 radical (unpaired) electrons. The molecule has 4 atom stereocenters. The van der Waals surface area contributed by atoms with Gasteiger partial charge in [-0.15, -0.1) is 0 Å². The van der Waals surface area contributed by atoms with Crippen molar-refractivity contribution in [3.8, 4) is 5.75 Å². The van der Waals surface area contributed by atoms with E-state index >= 15 is 0 Å². The van der Waals surface area contributed by atoms with E-state index < -0.39 is 11.0 Å². The number of hydrogen-bond donors (Lipinski definition) is 3. The van der Waals surface area contributed by atoms with Crippen molar-refractivity contribution >= 4 is 5.91 Å². The van der Waals surface area contributed by atoms with Crippen molar-refractivity contribution in [2.75, 3.05) is 26.2 Å². The number of quaternary nitrogens is 1. The summed E-state index contributed by atoms with van der Waals surface area (Å²) in [6, 6.07) is 18.2. The minimum atomic E-state index is -0.846. The molecule has 2 aromatic rings. The number of benzene rings is 2. The van der Waals surface area contributed by atoms with Crippen LogP contribution in [0.5, 0.6) is 5.75 Å². The van der Waals surface area contributed by atoms with Crippen molar-refractivity contribution in [3.05, 3.63) is 65.7 Å². The Labute approximate surface area is 241 Å². The molecule has 1 heterocycles. The van der Waals surface area contributed by atoms with Gasteiger partial charge >= 0.3 is 0 Å². The summed E-state index contributed by atoms with van der Waals surface area (Å²) in [6.45, 7) is 8.73. The number of piperidine rings is 1. The Morgan fingerprint density at radius 2 is 1.82 bits per heavy atom. The van der Waals surface area contributed by atoms with E-state index in [-0.39, 0.29) is 17.7 Å². The third-order valence-corrected chi connectivity index (χ3v) is 10.1. The molecule has 5 rings (SSSR count). The van der Waals surface area contributed by atoms with Crippen molar-refractivity contribution in [2.45, 2.75) is 102 Å². The van der Waals surface area contributed by atoms with E-state index in [0.29, 0.717) is 18.8 Å². The number of aromatic hydroxyl groups is 1. The summed E-state index contributed by atoms with van der Waals surface area (Å²) in [4.78, 5) is 13.0. The maximum Gasteiger partial charge on any atom is 0.220 e. The highest BCUT2D eigenvalue weighted by atomic mass is 16.3. The zero-order chi connectivity index (χ0) is 28.2. The third-order valence-electron chi connectivity index (χ3n) is 10.1. The lowest BCUT2D eigenvalue weighted by molar-refractivity contribution is -0.945. The molecule has 1 aliphatic heterocycles. The van der Waals surface area contributed by atoms with Crippen LogP contribution in [0.25, 0.3) is 0 Å². The van der Waals surface area contributed by atoms with Crippen LogP contribution in [0.15, 0.2) is 54.6 Å². The van der Waals surface area contributed by atoms with Gasteiger partial charge in [0.1, 0.15) is 17.9 Å². The minimum Gasteiger partial charge on any atom is -0.508 e. The van der Waals surface area contributed by atoms with Crippen molar-refractivity contribution in [1.82, 2.24) is 5.32 Å². The maximum absolute atomic E-state index is 13.0. The molecule has 1 saturated heterocycles. The number of nitrogens with one attached hydrogen (secondary N) is 1. The number of carbonyl (C=O) groups is 1. The largest absolute Gasteiger partial charge is 0.508 e. The van der Waals surface area contributed by atoms with Crippen LogP contribution in [0.2, 0.25) is 0 Å². The van der Waals surface area contributed by atoms with Crippen LogP contribution in [-0.4, -0.2) is 58.4 Å². The quantitative estimate of drug-likeness (QED) is 0.222. The van der Waals surface area contributed by atoms with Gasteiger partial charge in [-0.25, -0.2) is 0 Å². The monoisotopic (exact) mass is 547 g/mol. The molecule has 3 aliphatic rings. The van der Waals surface area contributed by atoms with E-state index in [2.05, 4.69) is 49.5 Å². The zero-order valence-electron chi connectivity index (χ0n) is 24.8. The lowest BCUT2D eigenvalue weighted by Gasteiger charge is -2.61. The molecule has 1 unspecified atom stereocenters.